The highest BCUT2D eigenvalue weighted by Crippen LogP contribution is 2.21. The second kappa shape index (κ2) is 10.1. The van der Waals surface area contributed by atoms with E-state index in [0.717, 1.165) is 56.7 Å². The standard InChI is InChI=1S/C25H32FN3O/c26-23-10-6-21(7-11-23)18-28-14-4-5-22(19-28)25(30)27-17-20-8-12-24(13-9-20)29-15-2-1-3-16-29/h6-13,22H,1-5,14-19H2,(H,27,30). The van der Waals surface area contributed by atoms with Crippen LogP contribution in [0, 0.1) is 11.7 Å². The smallest absolute Gasteiger partial charge is 0.224 e. The molecular weight excluding hydrogens is 377 g/mol. The van der Waals surface area contributed by atoms with Crippen LogP contribution in [0.25, 0.3) is 0 Å². The summed E-state index contributed by atoms with van der Waals surface area (Å²) in [5, 5.41) is 3.13. The van der Waals surface area contributed by atoms with Crippen molar-refractivity contribution in [3.63, 3.8) is 0 Å². The molecule has 2 aliphatic heterocycles. The number of carbonyl (C=O) groups excluding carboxylic acids is 1. The van der Waals surface area contributed by atoms with Crippen molar-refractivity contribution in [2.24, 2.45) is 5.92 Å². The van der Waals surface area contributed by atoms with E-state index >= 15 is 0 Å². The Morgan fingerprint density at radius 3 is 2.33 bits per heavy atom. The number of benzene rings is 2. The maximum absolute atomic E-state index is 13.1. The number of carbonyl (C=O) groups is 1. The van der Waals surface area contributed by atoms with Crippen molar-refractivity contribution >= 4 is 11.6 Å². The van der Waals surface area contributed by atoms with E-state index in [1.165, 1.54) is 37.1 Å². The highest BCUT2D eigenvalue weighted by molar-refractivity contribution is 5.79. The number of rotatable bonds is 6. The maximum atomic E-state index is 13.1. The Balaban J connectivity index is 1.25. The summed E-state index contributed by atoms with van der Waals surface area (Å²) in [4.78, 5) is 17.5. The summed E-state index contributed by atoms with van der Waals surface area (Å²) in [5.41, 5.74) is 3.52. The Labute approximate surface area is 179 Å². The highest BCUT2D eigenvalue weighted by Gasteiger charge is 2.25. The van der Waals surface area contributed by atoms with Crippen molar-refractivity contribution in [1.82, 2.24) is 10.2 Å². The summed E-state index contributed by atoms with van der Waals surface area (Å²) < 4.78 is 13.1. The number of likely N-dealkylation sites (tertiary alicyclic amines) is 1. The zero-order valence-electron chi connectivity index (χ0n) is 17.7. The lowest BCUT2D eigenvalue weighted by atomic mass is 9.96. The van der Waals surface area contributed by atoms with Gasteiger partial charge in [-0.25, -0.2) is 4.39 Å². The molecule has 0 bridgehead atoms. The molecule has 160 valence electrons. The van der Waals surface area contributed by atoms with E-state index < -0.39 is 0 Å². The van der Waals surface area contributed by atoms with E-state index in [-0.39, 0.29) is 17.6 Å². The molecule has 2 fully saturated rings. The summed E-state index contributed by atoms with van der Waals surface area (Å²) in [6, 6.07) is 15.3. The fourth-order valence-electron chi connectivity index (χ4n) is 4.57. The predicted octanol–water partition coefficient (Wildman–Crippen LogP) is 4.34. The first-order chi connectivity index (χ1) is 14.7. The number of anilines is 1. The van der Waals surface area contributed by atoms with E-state index in [4.69, 9.17) is 0 Å². The van der Waals surface area contributed by atoms with Crippen LogP contribution in [0.2, 0.25) is 0 Å². The Morgan fingerprint density at radius 2 is 1.60 bits per heavy atom. The molecule has 5 heteroatoms. The van der Waals surface area contributed by atoms with Gasteiger partial charge in [-0.05, 0) is 74.0 Å². The van der Waals surface area contributed by atoms with E-state index in [2.05, 4.69) is 39.4 Å². The van der Waals surface area contributed by atoms with Crippen LogP contribution < -0.4 is 10.2 Å². The minimum Gasteiger partial charge on any atom is -0.372 e. The summed E-state index contributed by atoms with van der Waals surface area (Å²) in [7, 11) is 0. The zero-order valence-corrected chi connectivity index (χ0v) is 17.7. The van der Waals surface area contributed by atoms with Gasteiger partial charge in [0.2, 0.25) is 5.91 Å². The molecule has 0 aromatic heterocycles. The van der Waals surface area contributed by atoms with Crippen molar-refractivity contribution in [2.75, 3.05) is 31.1 Å². The second-order valence-corrected chi connectivity index (χ2v) is 8.63. The zero-order chi connectivity index (χ0) is 20.8. The van der Waals surface area contributed by atoms with Crippen molar-refractivity contribution in [2.45, 2.75) is 45.2 Å². The van der Waals surface area contributed by atoms with Gasteiger partial charge in [0.05, 0.1) is 5.92 Å². The minimum atomic E-state index is -0.210. The third kappa shape index (κ3) is 5.60. The topological polar surface area (TPSA) is 35.6 Å². The molecule has 1 N–H and O–H groups in total. The Bertz CT molecular complexity index is 815. The maximum Gasteiger partial charge on any atom is 0.224 e. The van der Waals surface area contributed by atoms with Gasteiger partial charge in [-0.15, -0.1) is 0 Å². The third-order valence-corrected chi connectivity index (χ3v) is 6.32. The molecule has 2 aliphatic rings. The van der Waals surface area contributed by atoms with Gasteiger partial charge in [-0.3, -0.25) is 9.69 Å². The molecule has 1 atom stereocenters. The summed E-state index contributed by atoms with van der Waals surface area (Å²) >= 11 is 0. The van der Waals surface area contributed by atoms with Crippen LogP contribution in [0.3, 0.4) is 0 Å². The normalized spacial score (nSPS) is 20.2. The van der Waals surface area contributed by atoms with Crippen LogP contribution in [0.15, 0.2) is 48.5 Å². The Kier molecular flexibility index (Phi) is 7.00. The summed E-state index contributed by atoms with van der Waals surface area (Å²) in [6.07, 6.45) is 5.83. The van der Waals surface area contributed by atoms with Gasteiger partial charge in [0.15, 0.2) is 0 Å². The second-order valence-electron chi connectivity index (χ2n) is 8.63. The van der Waals surface area contributed by atoms with Gasteiger partial charge in [0.25, 0.3) is 0 Å². The minimum absolute atomic E-state index is 0.0202. The SMILES string of the molecule is O=C(NCc1ccc(N2CCCCC2)cc1)C1CCCN(Cc2ccc(F)cc2)C1. The van der Waals surface area contributed by atoms with Crippen LogP contribution in [0.5, 0.6) is 0 Å². The van der Waals surface area contributed by atoms with E-state index in [9.17, 15) is 9.18 Å². The fraction of sp³-hybridized carbons (Fsp3) is 0.480. The van der Waals surface area contributed by atoms with Gasteiger partial charge >= 0.3 is 0 Å². The molecule has 2 saturated heterocycles. The van der Waals surface area contributed by atoms with Crippen LogP contribution >= 0.6 is 0 Å². The molecule has 4 rings (SSSR count). The average Bonchev–Trinajstić information content (AvgIpc) is 2.80. The molecule has 1 amide bonds. The molecule has 0 saturated carbocycles. The molecule has 2 aromatic carbocycles. The Hall–Kier alpha value is -2.40. The molecule has 0 spiro atoms. The van der Waals surface area contributed by atoms with E-state index in [1.807, 2.05) is 12.1 Å². The molecule has 2 aromatic rings. The lowest BCUT2D eigenvalue weighted by Gasteiger charge is -2.32. The number of nitrogens with zero attached hydrogens (tertiary/aromatic N) is 2. The van der Waals surface area contributed by atoms with Crippen molar-refractivity contribution in [3.8, 4) is 0 Å². The van der Waals surface area contributed by atoms with Gasteiger partial charge in [-0.2, -0.15) is 0 Å². The monoisotopic (exact) mass is 409 g/mol. The van der Waals surface area contributed by atoms with Gasteiger partial charge in [0.1, 0.15) is 5.82 Å². The highest BCUT2D eigenvalue weighted by atomic mass is 19.1. The first kappa shape index (κ1) is 20.9. The lowest BCUT2D eigenvalue weighted by Crippen LogP contribution is -2.42. The Morgan fingerprint density at radius 1 is 0.900 bits per heavy atom. The fourth-order valence-corrected chi connectivity index (χ4v) is 4.57. The van der Waals surface area contributed by atoms with Crippen molar-refractivity contribution < 1.29 is 9.18 Å². The number of hydrogen-bond donors (Lipinski definition) is 1. The first-order valence-electron chi connectivity index (χ1n) is 11.3. The quantitative estimate of drug-likeness (QED) is 0.771. The molecule has 30 heavy (non-hydrogen) atoms. The third-order valence-electron chi connectivity index (χ3n) is 6.32. The van der Waals surface area contributed by atoms with E-state index in [1.54, 1.807) is 0 Å². The van der Waals surface area contributed by atoms with Crippen molar-refractivity contribution in [1.29, 1.82) is 0 Å². The van der Waals surface area contributed by atoms with Crippen LogP contribution in [0.4, 0.5) is 10.1 Å². The molecule has 4 nitrogen and oxygen atoms in total. The number of halogens is 1. The average molecular weight is 410 g/mol. The number of hydrogen-bond acceptors (Lipinski definition) is 3. The van der Waals surface area contributed by atoms with Crippen molar-refractivity contribution in [3.05, 3.63) is 65.5 Å². The molecule has 0 radical (unpaired) electrons. The number of piperidine rings is 2. The molecule has 1 unspecified atom stereocenters. The van der Waals surface area contributed by atoms with Gasteiger partial charge in [0, 0.05) is 38.4 Å². The lowest BCUT2D eigenvalue weighted by molar-refractivity contribution is -0.126. The summed E-state index contributed by atoms with van der Waals surface area (Å²) in [6.45, 7) is 5.38. The molecule has 2 heterocycles. The van der Waals surface area contributed by atoms with Gasteiger partial charge in [-0.1, -0.05) is 24.3 Å². The molecular formula is C25H32FN3O. The summed E-state index contributed by atoms with van der Waals surface area (Å²) in [5.74, 6) is -0.0515. The first-order valence-corrected chi connectivity index (χ1v) is 11.3. The van der Waals surface area contributed by atoms with Gasteiger partial charge < -0.3 is 10.2 Å². The number of nitrogens with one attached hydrogen (secondary N) is 1. The predicted molar refractivity (Wildman–Crippen MR) is 119 cm³/mol. The van der Waals surface area contributed by atoms with Crippen LogP contribution in [0.1, 0.15) is 43.2 Å². The molecule has 0 aliphatic carbocycles. The van der Waals surface area contributed by atoms with Crippen LogP contribution in [-0.2, 0) is 17.9 Å². The van der Waals surface area contributed by atoms with E-state index in [0.29, 0.717) is 6.54 Å². The number of amides is 1. The van der Waals surface area contributed by atoms with Crippen LogP contribution in [-0.4, -0.2) is 37.0 Å². The largest absolute Gasteiger partial charge is 0.372 e.